The molecule has 0 aliphatic carbocycles. The molecule has 3 rings (SSSR count). The van der Waals surface area contributed by atoms with Crippen LogP contribution in [0.25, 0.3) is 10.9 Å². The zero-order chi connectivity index (χ0) is 16.8. The van der Waals surface area contributed by atoms with Crippen molar-refractivity contribution in [1.82, 2.24) is 9.97 Å². The number of benzene rings is 2. The number of fused-ring (bicyclic) bond motifs is 1. The lowest BCUT2D eigenvalue weighted by Gasteiger charge is -2.11. The number of aromatic nitrogens is 2. The number of nitrogens with one attached hydrogen (secondary N) is 2. The highest BCUT2D eigenvalue weighted by molar-refractivity contribution is 5.90. The number of rotatable bonds is 7. The highest BCUT2D eigenvalue weighted by atomic mass is 16.5. The monoisotopic (exact) mass is 324 g/mol. The number of para-hydroxylation sites is 1. The van der Waals surface area contributed by atoms with Crippen LogP contribution < -0.4 is 15.4 Å². The fourth-order valence-corrected chi connectivity index (χ4v) is 2.39. The molecule has 0 aliphatic heterocycles. The summed E-state index contributed by atoms with van der Waals surface area (Å²) in [6.45, 7) is 1.10. The van der Waals surface area contributed by atoms with Crippen LogP contribution in [0.15, 0.2) is 48.5 Å². The molecule has 0 unspecified atom stereocenters. The molecular formula is C18H20N4O2. The minimum Gasteiger partial charge on any atom is -0.497 e. The van der Waals surface area contributed by atoms with Crippen molar-refractivity contribution in [3.63, 3.8) is 0 Å². The second kappa shape index (κ2) is 7.61. The first-order chi connectivity index (χ1) is 11.8. The Kier molecular flexibility index (Phi) is 5.08. The molecule has 6 nitrogen and oxygen atoms in total. The van der Waals surface area contributed by atoms with E-state index in [0.29, 0.717) is 24.9 Å². The van der Waals surface area contributed by atoms with Gasteiger partial charge < -0.3 is 20.5 Å². The largest absolute Gasteiger partial charge is 0.497 e. The molecule has 0 atom stereocenters. The van der Waals surface area contributed by atoms with Gasteiger partial charge in [0.15, 0.2) is 0 Å². The van der Waals surface area contributed by atoms with Crippen LogP contribution in [-0.4, -0.2) is 35.3 Å². The molecule has 1 aromatic heterocycles. The highest BCUT2D eigenvalue weighted by Gasteiger charge is 2.07. The standard InChI is InChI=1S/C18H20N4O2/c1-24-14-8-6-13(7-9-14)12-20-18-21-16-5-3-2-4-15(16)17(22-18)19-10-11-23/h2-9,23H,10-12H2,1H3,(H2,19,20,21,22). The molecule has 3 N–H and O–H groups in total. The molecule has 2 aromatic carbocycles. The van der Waals surface area contributed by atoms with Crippen LogP contribution in [0.2, 0.25) is 0 Å². The first-order valence-corrected chi connectivity index (χ1v) is 7.78. The highest BCUT2D eigenvalue weighted by Crippen LogP contribution is 2.22. The molecule has 0 saturated carbocycles. The molecule has 3 aromatic rings. The number of methoxy groups -OCH3 is 1. The smallest absolute Gasteiger partial charge is 0.225 e. The van der Waals surface area contributed by atoms with Crippen molar-refractivity contribution in [2.24, 2.45) is 0 Å². The number of hydrogen-bond donors (Lipinski definition) is 3. The van der Waals surface area contributed by atoms with Crippen molar-refractivity contribution in [3.8, 4) is 5.75 Å². The molecule has 0 amide bonds. The summed E-state index contributed by atoms with van der Waals surface area (Å²) in [5, 5.41) is 16.3. The summed E-state index contributed by atoms with van der Waals surface area (Å²) in [5.74, 6) is 2.09. The van der Waals surface area contributed by atoms with Crippen molar-refractivity contribution in [2.45, 2.75) is 6.54 Å². The second-order valence-corrected chi connectivity index (χ2v) is 5.26. The van der Waals surface area contributed by atoms with Crippen LogP contribution in [0.1, 0.15) is 5.56 Å². The van der Waals surface area contributed by atoms with Gasteiger partial charge in [-0.2, -0.15) is 4.98 Å². The van der Waals surface area contributed by atoms with Gasteiger partial charge in [-0.3, -0.25) is 0 Å². The quantitative estimate of drug-likeness (QED) is 0.620. The van der Waals surface area contributed by atoms with Gasteiger partial charge in [0, 0.05) is 18.5 Å². The van der Waals surface area contributed by atoms with E-state index in [2.05, 4.69) is 20.6 Å². The van der Waals surface area contributed by atoms with Crippen molar-refractivity contribution in [2.75, 3.05) is 30.9 Å². The van der Waals surface area contributed by atoms with Crippen LogP contribution in [0, 0.1) is 0 Å². The van der Waals surface area contributed by atoms with Crippen LogP contribution >= 0.6 is 0 Å². The maximum Gasteiger partial charge on any atom is 0.225 e. The first kappa shape index (κ1) is 16.0. The minimum atomic E-state index is 0.0486. The van der Waals surface area contributed by atoms with Gasteiger partial charge in [-0.25, -0.2) is 4.98 Å². The van der Waals surface area contributed by atoms with E-state index in [9.17, 15) is 0 Å². The second-order valence-electron chi connectivity index (χ2n) is 5.26. The molecule has 124 valence electrons. The Balaban J connectivity index is 1.80. The van der Waals surface area contributed by atoms with E-state index in [1.807, 2.05) is 48.5 Å². The topological polar surface area (TPSA) is 79.3 Å². The van der Waals surface area contributed by atoms with Gasteiger partial charge in [0.1, 0.15) is 11.6 Å². The third kappa shape index (κ3) is 3.72. The van der Waals surface area contributed by atoms with Crippen LogP contribution in [0.3, 0.4) is 0 Å². The Morgan fingerprint density at radius 2 is 1.79 bits per heavy atom. The van der Waals surface area contributed by atoms with Crippen molar-refractivity contribution in [3.05, 3.63) is 54.1 Å². The molecule has 0 radical (unpaired) electrons. The maximum absolute atomic E-state index is 9.03. The lowest BCUT2D eigenvalue weighted by Crippen LogP contribution is -2.10. The fourth-order valence-electron chi connectivity index (χ4n) is 2.39. The predicted octanol–water partition coefficient (Wildman–Crippen LogP) is 2.65. The summed E-state index contributed by atoms with van der Waals surface area (Å²) >= 11 is 0. The molecule has 6 heteroatoms. The van der Waals surface area contributed by atoms with Gasteiger partial charge >= 0.3 is 0 Å². The Morgan fingerprint density at radius 1 is 1.00 bits per heavy atom. The number of nitrogens with zero attached hydrogens (tertiary/aromatic N) is 2. The lowest BCUT2D eigenvalue weighted by atomic mass is 10.2. The predicted molar refractivity (Wildman–Crippen MR) is 95.4 cm³/mol. The number of ether oxygens (including phenoxy) is 1. The van der Waals surface area contributed by atoms with Gasteiger partial charge in [0.05, 0.1) is 19.2 Å². The molecule has 0 spiro atoms. The molecule has 1 heterocycles. The Labute approximate surface area is 140 Å². The van der Waals surface area contributed by atoms with Gasteiger partial charge in [-0.1, -0.05) is 24.3 Å². The third-order valence-corrected chi connectivity index (χ3v) is 3.62. The Morgan fingerprint density at radius 3 is 2.54 bits per heavy atom. The number of aliphatic hydroxyl groups excluding tert-OH is 1. The van der Waals surface area contributed by atoms with E-state index in [-0.39, 0.29) is 6.61 Å². The van der Waals surface area contributed by atoms with Crippen molar-refractivity contribution >= 4 is 22.7 Å². The molecule has 24 heavy (non-hydrogen) atoms. The van der Waals surface area contributed by atoms with Crippen molar-refractivity contribution < 1.29 is 9.84 Å². The molecule has 0 fully saturated rings. The minimum absolute atomic E-state index is 0.0486. The summed E-state index contributed by atoms with van der Waals surface area (Å²) in [6.07, 6.45) is 0. The Bertz CT molecular complexity index is 806. The average molecular weight is 324 g/mol. The van der Waals surface area contributed by atoms with Crippen LogP contribution in [-0.2, 0) is 6.54 Å². The molecular weight excluding hydrogens is 304 g/mol. The SMILES string of the molecule is COc1ccc(CNc2nc(NCCO)c3ccccc3n2)cc1. The lowest BCUT2D eigenvalue weighted by molar-refractivity contribution is 0.311. The third-order valence-electron chi connectivity index (χ3n) is 3.62. The molecule has 0 saturated heterocycles. The number of aliphatic hydroxyl groups is 1. The summed E-state index contributed by atoms with van der Waals surface area (Å²) < 4.78 is 5.16. The number of anilines is 2. The average Bonchev–Trinajstić information content (AvgIpc) is 2.64. The van der Waals surface area contributed by atoms with E-state index in [1.54, 1.807) is 7.11 Å². The van der Waals surface area contributed by atoms with Crippen LogP contribution in [0.5, 0.6) is 5.75 Å². The summed E-state index contributed by atoms with van der Waals surface area (Å²) in [6, 6.07) is 15.6. The van der Waals surface area contributed by atoms with E-state index < -0.39 is 0 Å². The van der Waals surface area contributed by atoms with Crippen LogP contribution in [0.4, 0.5) is 11.8 Å². The first-order valence-electron chi connectivity index (χ1n) is 7.78. The zero-order valence-corrected chi connectivity index (χ0v) is 13.5. The number of hydrogen-bond acceptors (Lipinski definition) is 6. The molecule has 0 aliphatic rings. The van der Waals surface area contributed by atoms with Gasteiger partial charge in [-0.05, 0) is 29.8 Å². The fraction of sp³-hybridized carbons (Fsp3) is 0.222. The summed E-state index contributed by atoms with van der Waals surface area (Å²) in [4.78, 5) is 9.06. The van der Waals surface area contributed by atoms with E-state index in [0.717, 1.165) is 22.2 Å². The van der Waals surface area contributed by atoms with E-state index >= 15 is 0 Å². The van der Waals surface area contributed by atoms with Crippen molar-refractivity contribution in [1.29, 1.82) is 0 Å². The normalized spacial score (nSPS) is 10.6. The maximum atomic E-state index is 9.03. The van der Waals surface area contributed by atoms with E-state index in [4.69, 9.17) is 9.84 Å². The van der Waals surface area contributed by atoms with Gasteiger partial charge in [0.25, 0.3) is 0 Å². The molecule has 0 bridgehead atoms. The zero-order valence-electron chi connectivity index (χ0n) is 13.5. The van der Waals surface area contributed by atoms with Gasteiger partial charge in [0.2, 0.25) is 5.95 Å². The summed E-state index contributed by atoms with van der Waals surface area (Å²) in [7, 11) is 1.65. The van der Waals surface area contributed by atoms with E-state index in [1.165, 1.54) is 0 Å². The van der Waals surface area contributed by atoms with Gasteiger partial charge in [-0.15, -0.1) is 0 Å². The Hall–Kier alpha value is -2.86. The summed E-state index contributed by atoms with van der Waals surface area (Å²) in [5.41, 5.74) is 1.96.